The van der Waals surface area contributed by atoms with Crippen LogP contribution < -0.4 is 4.74 Å². The fraction of sp³-hybridized carbons (Fsp3) is 0.0952. The quantitative estimate of drug-likeness (QED) is 0.412. The van der Waals surface area contributed by atoms with E-state index < -0.39 is 0 Å². The number of fused-ring (bicyclic) bond motifs is 1. The van der Waals surface area contributed by atoms with Crippen molar-refractivity contribution in [3.63, 3.8) is 0 Å². The van der Waals surface area contributed by atoms with Gasteiger partial charge in [0.1, 0.15) is 11.5 Å². The van der Waals surface area contributed by atoms with Crippen LogP contribution in [0.15, 0.2) is 66.7 Å². The van der Waals surface area contributed by atoms with E-state index in [1.165, 1.54) is 25.3 Å². The monoisotopic (exact) mass is 334 g/mol. The van der Waals surface area contributed by atoms with Crippen LogP contribution in [0.5, 0.6) is 11.5 Å². The van der Waals surface area contributed by atoms with Crippen LogP contribution in [0.4, 0.5) is 0 Å². The minimum absolute atomic E-state index is 0.0771. The third kappa shape index (κ3) is 3.87. The fourth-order valence-corrected chi connectivity index (χ4v) is 2.59. The predicted octanol–water partition coefficient (Wildman–Crippen LogP) is 4.42. The van der Waals surface area contributed by atoms with Gasteiger partial charge in [-0.25, -0.2) is 0 Å². The zero-order chi connectivity index (χ0) is 17.6. The number of methoxy groups -OCH3 is 1. The van der Waals surface area contributed by atoms with Gasteiger partial charge in [0, 0.05) is 13.2 Å². The summed E-state index contributed by atoms with van der Waals surface area (Å²) in [6.07, 6.45) is 3.23. The number of ketones is 1. The molecule has 0 amide bonds. The first-order valence-electron chi connectivity index (χ1n) is 7.84. The normalized spacial score (nSPS) is 11.1. The SMILES string of the molecule is COCOc1ccc(C(=O)/C=C/c2cccc3ccccc23)c(O)c1. The Kier molecular flexibility index (Phi) is 5.11. The summed E-state index contributed by atoms with van der Waals surface area (Å²) in [7, 11) is 1.51. The maximum atomic E-state index is 12.4. The first-order chi connectivity index (χ1) is 12.2. The van der Waals surface area contributed by atoms with E-state index in [0.29, 0.717) is 5.75 Å². The van der Waals surface area contributed by atoms with Crippen LogP contribution in [0.3, 0.4) is 0 Å². The van der Waals surface area contributed by atoms with E-state index in [0.717, 1.165) is 16.3 Å². The van der Waals surface area contributed by atoms with Gasteiger partial charge in [-0.05, 0) is 34.5 Å². The second-order valence-electron chi connectivity index (χ2n) is 5.50. The third-order valence-corrected chi connectivity index (χ3v) is 3.82. The van der Waals surface area contributed by atoms with Crippen molar-refractivity contribution in [2.24, 2.45) is 0 Å². The maximum absolute atomic E-state index is 12.4. The molecule has 0 unspecified atom stereocenters. The molecular formula is C21H18O4. The van der Waals surface area contributed by atoms with Crippen LogP contribution in [0.1, 0.15) is 15.9 Å². The van der Waals surface area contributed by atoms with E-state index in [9.17, 15) is 9.90 Å². The number of allylic oxidation sites excluding steroid dienone is 1. The van der Waals surface area contributed by atoms with Crippen LogP contribution in [0.25, 0.3) is 16.8 Å². The topological polar surface area (TPSA) is 55.8 Å². The molecule has 0 aliphatic rings. The number of ether oxygens (including phenoxy) is 2. The number of phenolic OH excluding ortho intramolecular Hbond substituents is 1. The number of rotatable bonds is 6. The Morgan fingerprint density at radius 2 is 1.88 bits per heavy atom. The van der Waals surface area contributed by atoms with Gasteiger partial charge in [-0.2, -0.15) is 0 Å². The lowest BCUT2D eigenvalue weighted by Crippen LogP contribution is -2.00. The highest BCUT2D eigenvalue weighted by Crippen LogP contribution is 2.25. The Morgan fingerprint density at radius 3 is 2.68 bits per heavy atom. The molecule has 1 N–H and O–H groups in total. The summed E-state index contributed by atoms with van der Waals surface area (Å²) >= 11 is 0. The van der Waals surface area contributed by atoms with Crippen LogP contribution >= 0.6 is 0 Å². The lowest BCUT2D eigenvalue weighted by molar-refractivity contribution is 0.0510. The third-order valence-electron chi connectivity index (χ3n) is 3.82. The second kappa shape index (κ2) is 7.64. The van der Waals surface area contributed by atoms with Crippen molar-refractivity contribution in [1.82, 2.24) is 0 Å². The summed E-state index contributed by atoms with van der Waals surface area (Å²) in [4.78, 5) is 12.4. The van der Waals surface area contributed by atoms with E-state index in [2.05, 4.69) is 0 Å². The van der Waals surface area contributed by atoms with Crippen molar-refractivity contribution >= 4 is 22.6 Å². The molecule has 0 saturated heterocycles. The molecule has 0 aliphatic heterocycles. The fourth-order valence-electron chi connectivity index (χ4n) is 2.59. The molecule has 25 heavy (non-hydrogen) atoms. The molecule has 0 atom stereocenters. The Labute approximate surface area is 145 Å². The van der Waals surface area contributed by atoms with Crippen molar-refractivity contribution in [2.75, 3.05) is 13.9 Å². The van der Waals surface area contributed by atoms with Gasteiger partial charge in [0.05, 0.1) is 5.56 Å². The van der Waals surface area contributed by atoms with Crippen LogP contribution in [-0.4, -0.2) is 24.8 Å². The Balaban J connectivity index is 1.83. The van der Waals surface area contributed by atoms with Crippen molar-refractivity contribution in [2.45, 2.75) is 0 Å². The molecule has 126 valence electrons. The van der Waals surface area contributed by atoms with Gasteiger partial charge in [-0.3, -0.25) is 4.79 Å². The summed E-state index contributed by atoms with van der Waals surface area (Å²) in [6, 6.07) is 18.5. The van der Waals surface area contributed by atoms with Crippen LogP contribution in [0, 0.1) is 0 Å². The Hall–Kier alpha value is -3.11. The van der Waals surface area contributed by atoms with E-state index in [4.69, 9.17) is 9.47 Å². The molecule has 4 nitrogen and oxygen atoms in total. The van der Waals surface area contributed by atoms with Gasteiger partial charge in [0.15, 0.2) is 12.6 Å². The van der Waals surface area contributed by atoms with Crippen LogP contribution in [-0.2, 0) is 4.74 Å². The predicted molar refractivity (Wildman–Crippen MR) is 97.9 cm³/mol. The second-order valence-corrected chi connectivity index (χ2v) is 5.50. The highest BCUT2D eigenvalue weighted by Gasteiger charge is 2.10. The minimum Gasteiger partial charge on any atom is -0.507 e. The number of carbonyl (C=O) groups excluding carboxylic acids is 1. The number of hydrogen-bond donors (Lipinski definition) is 1. The number of hydrogen-bond acceptors (Lipinski definition) is 4. The number of phenols is 1. The molecule has 0 saturated carbocycles. The first kappa shape index (κ1) is 16.7. The van der Waals surface area contributed by atoms with Gasteiger partial charge < -0.3 is 14.6 Å². The smallest absolute Gasteiger partial charge is 0.189 e. The number of benzene rings is 3. The van der Waals surface area contributed by atoms with Gasteiger partial charge in [0.25, 0.3) is 0 Å². The molecule has 0 fully saturated rings. The Morgan fingerprint density at radius 1 is 1.08 bits per heavy atom. The lowest BCUT2D eigenvalue weighted by atomic mass is 10.0. The molecule has 0 bridgehead atoms. The Bertz CT molecular complexity index is 923. The maximum Gasteiger partial charge on any atom is 0.189 e. The van der Waals surface area contributed by atoms with E-state index in [1.807, 2.05) is 42.5 Å². The van der Waals surface area contributed by atoms with E-state index in [1.54, 1.807) is 12.1 Å². The van der Waals surface area contributed by atoms with Gasteiger partial charge in [0.2, 0.25) is 0 Å². The molecule has 0 aromatic heterocycles. The summed E-state index contributed by atoms with van der Waals surface area (Å²) in [6.45, 7) is 0.0771. The molecule has 3 aromatic carbocycles. The standard InChI is InChI=1S/C21H18O4/c1-24-14-25-17-10-11-19(21(23)13-17)20(22)12-9-16-7-4-6-15-5-2-3-8-18(15)16/h2-13,23H,14H2,1H3/b12-9+. The summed E-state index contributed by atoms with van der Waals surface area (Å²) in [5, 5.41) is 12.2. The van der Waals surface area contributed by atoms with Crippen molar-refractivity contribution < 1.29 is 19.4 Å². The minimum atomic E-state index is -0.274. The molecule has 0 spiro atoms. The molecule has 0 heterocycles. The van der Waals surface area contributed by atoms with Gasteiger partial charge in [-0.15, -0.1) is 0 Å². The van der Waals surface area contributed by atoms with Crippen molar-refractivity contribution in [3.05, 3.63) is 77.9 Å². The molecular weight excluding hydrogens is 316 g/mol. The van der Waals surface area contributed by atoms with Crippen LogP contribution in [0.2, 0.25) is 0 Å². The number of carbonyl (C=O) groups is 1. The molecule has 3 aromatic rings. The largest absolute Gasteiger partial charge is 0.507 e. The molecule has 0 radical (unpaired) electrons. The summed E-state index contributed by atoms with van der Waals surface area (Å²) in [5.74, 6) is 0.0406. The first-order valence-corrected chi connectivity index (χ1v) is 7.84. The molecule has 4 heteroatoms. The molecule has 3 rings (SSSR count). The van der Waals surface area contributed by atoms with E-state index in [-0.39, 0.29) is 23.9 Å². The average molecular weight is 334 g/mol. The van der Waals surface area contributed by atoms with Gasteiger partial charge in [-0.1, -0.05) is 48.5 Å². The number of aromatic hydroxyl groups is 1. The summed E-state index contributed by atoms with van der Waals surface area (Å²) < 4.78 is 10.0. The molecule has 0 aliphatic carbocycles. The van der Waals surface area contributed by atoms with E-state index >= 15 is 0 Å². The lowest BCUT2D eigenvalue weighted by Gasteiger charge is -2.07. The average Bonchev–Trinajstić information content (AvgIpc) is 2.64. The van der Waals surface area contributed by atoms with Gasteiger partial charge >= 0.3 is 0 Å². The zero-order valence-corrected chi connectivity index (χ0v) is 13.8. The zero-order valence-electron chi connectivity index (χ0n) is 13.8. The highest BCUT2D eigenvalue weighted by atomic mass is 16.7. The van der Waals surface area contributed by atoms with Crippen molar-refractivity contribution in [1.29, 1.82) is 0 Å². The highest BCUT2D eigenvalue weighted by molar-refractivity contribution is 6.09. The summed E-state index contributed by atoms with van der Waals surface area (Å²) in [5.41, 5.74) is 1.17. The van der Waals surface area contributed by atoms with Crippen molar-refractivity contribution in [3.8, 4) is 11.5 Å².